The van der Waals surface area contributed by atoms with E-state index in [-0.39, 0.29) is 0 Å². The highest BCUT2D eigenvalue weighted by atomic mass is 35.5. The number of rotatable bonds is 6. The fourth-order valence-corrected chi connectivity index (χ4v) is 2.39. The van der Waals surface area contributed by atoms with Crippen LogP contribution in [0.4, 0.5) is 0 Å². The first-order valence-electron chi connectivity index (χ1n) is 6.33. The predicted octanol–water partition coefficient (Wildman–Crippen LogP) is 3.68. The number of thiocarbonyl (C=S) groups is 1. The quantitative estimate of drug-likeness (QED) is 0.639. The molecule has 2 N–H and O–H groups in total. The van der Waals surface area contributed by atoms with Crippen LogP contribution >= 0.6 is 23.8 Å². The predicted molar refractivity (Wildman–Crippen MR) is 79.0 cm³/mol. The molecule has 0 atom stereocenters. The molecule has 1 aliphatic carbocycles. The second-order valence-electron chi connectivity index (χ2n) is 4.81. The highest BCUT2D eigenvalue weighted by Crippen LogP contribution is 2.29. The molecule has 0 amide bonds. The van der Waals surface area contributed by atoms with Gasteiger partial charge in [-0.05, 0) is 24.0 Å². The molecular formula is C14H18ClNOS. The molecule has 2 rings (SSSR count). The molecule has 0 spiro atoms. The Kier molecular flexibility index (Phi) is 4.98. The van der Waals surface area contributed by atoms with Crippen molar-refractivity contribution in [2.45, 2.75) is 32.3 Å². The molecule has 0 saturated heterocycles. The van der Waals surface area contributed by atoms with Crippen LogP contribution in [0.15, 0.2) is 18.2 Å². The first-order chi connectivity index (χ1) is 8.66. The fourth-order valence-electron chi connectivity index (χ4n) is 2.03. The number of ether oxygens (including phenoxy) is 1. The van der Waals surface area contributed by atoms with Crippen LogP contribution in [0.25, 0.3) is 0 Å². The smallest absolute Gasteiger partial charge is 0.104 e. The molecule has 1 aromatic rings. The van der Waals surface area contributed by atoms with Crippen LogP contribution in [0.5, 0.6) is 0 Å². The third-order valence-electron chi connectivity index (χ3n) is 3.49. The fraction of sp³-hybridized carbons (Fsp3) is 0.500. The van der Waals surface area contributed by atoms with Crippen LogP contribution in [0.1, 0.15) is 36.8 Å². The van der Waals surface area contributed by atoms with E-state index in [4.69, 9.17) is 34.3 Å². The monoisotopic (exact) mass is 283 g/mol. The van der Waals surface area contributed by atoms with Gasteiger partial charge in [0.1, 0.15) is 4.99 Å². The zero-order chi connectivity index (χ0) is 13.0. The van der Waals surface area contributed by atoms with Crippen molar-refractivity contribution < 1.29 is 4.74 Å². The minimum atomic E-state index is 0.370. The van der Waals surface area contributed by atoms with Gasteiger partial charge < -0.3 is 10.5 Å². The first kappa shape index (κ1) is 13.8. The second-order valence-corrected chi connectivity index (χ2v) is 5.66. The minimum absolute atomic E-state index is 0.370. The zero-order valence-electron chi connectivity index (χ0n) is 10.3. The molecule has 0 radical (unpaired) electrons. The van der Waals surface area contributed by atoms with Crippen molar-refractivity contribution in [3.63, 3.8) is 0 Å². The van der Waals surface area contributed by atoms with Gasteiger partial charge in [0.2, 0.25) is 0 Å². The maximum atomic E-state index is 6.16. The first-order valence-corrected chi connectivity index (χ1v) is 7.11. The summed E-state index contributed by atoms with van der Waals surface area (Å²) in [5.41, 5.74) is 7.34. The number of hydrogen-bond acceptors (Lipinski definition) is 2. The van der Waals surface area contributed by atoms with Crippen molar-refractivity contribution in [1.82, 2.24) is 0 Å². The molecule has 1 saturated carbocycles. The summed E-state index contributed by atoms with van der Waals surface area (Å²) in [5.74, 6) is 0.887. The van der Waals surface area contributed by atoms with Gasteiger partial charge in [-0.15, -0.1) is 0 Å². The van der Waals surface area contributed by atoms with E-state index in [0.717, 1.165) is 23.7 Å². The van der Waals surface area contributed by atoms with E-state index in [1.165, 1.54) is 25.7 Å². The van der Waals surface area contributed by atoms with Crippen LogP contribution in [-0.2, 0) is 11.3 Å². The Morgan fingerprint density at radius 1 is 1.44 bits per heavy atom. The lowest BCUT2D eigenvalue weighted by Gasteiger charge is -2.24. The second kappa shape index (κ2) is 6.50. The molecule has 4 heteroatoms. The van der Waals surface area contributed by atoms with Gasteiger partial charge in [-0.3, -0.25) is 0 Å². The molecule has 1 aromatic carbocycles. The van der Waals surface area contributed by atoms with Gasteiger partial charge in [0.25, 0.3) is 0 Å². The van der Waals surface area contributed by atoms with Crippen LogP contribution in [0.3, 0.4) is 0 Å². The number of halogens is 1. The van der Waals surface area contributed by atoms with Crippen LogP contribution < -0.4 is 5.73 Å². The summed E-state index contributed by atoms with van der Waals surface area (Å²) in [6, 6.07) is 5.62. The highest BCUT2D eigenvalue weighted by molar-refractivity contribution is 7.80. The van der Waals surface area contributed by atoms with Crippen molar-refractivity contribution in [2.75, 3.05) is 6.61 Å². The summed E-state index contributed by atoms with van der Waals surface area (Å²) in [7, 11) is 0. The van der Waals surface area contributed by atoms with Gasteiger partial charge in [0.15, 0.2) is 0 Å². The lowest BCUT2D eigenvalue weighted by Crippen LogP contribution is -2.13. The average molecular weight is 284 g/mol. The SMILES string of the molecule is NC(=S)c1ccc(COCCC2CCC2)c(Cl)c1. The summed E-state index contributed by atoms with van der Waals surface area (Å²) < 4.78 is 5.66. The molecular weight excluding hydrogens is 266 g/mol. The Balaban J connectivity index is 1.79. The topological polar surface area (TPSA) is 35.2 Å². The van der Waals surface area contributed by atoms with E-state index in [2.05, 4.69) is 0 Å². The largest absolute Gasteiger partial charge is 0.389 e. The van der Waals surface area contributed by atoms with E-state index >= 15 is 0 Å². The Morgan fingerprint density at radius 2 is 2.22 bits per heavy atom. The summed E-state index contributed by atoms with van der Waals surface area (Å²) in [4.78, 5) is 0.370. The molecule has 0 aromatic heterocycles. The van der Waals surface area contributed by atoms with E-state index in [1.54, 1.807) is 6.07 Å². The normalized spacial score (nSPS) is 15.4. The standard InChI is InChI=1S/C14H18ClNOS/c15-13-8-11(14(16)18)4-5-12(13)9-17-7-6-10-2-1-3-10/h4-5,8,10H,1-3,6-7,9H2,(H2,16,18). The number of benzene rings is 1. The Hall–Kier alpha value is -0.640. The molecule has 0 bridgehead atoms. The van der Waals surface area contributed by atoms with Gasteiger partial charge in [-0.2, -0.15) is 0 Å². The number of nitrogens with two attached hydrogens (primary N) is 1. The van der Waals surface area contributed by atoms with Crippen LogP contribution in [-0.4, -0.2) is 11.6 Å². The van der Waals surface area contributed by atoms with Crippen molar-refractivity contribution in [3.05, 3.63) is 34.3 Å². The van der Waals surface area contributed by atoms with E-state index < -0.39 is 0 Å². The molecule has 1 fully saturated rings. The number of hydrogen-bond donors (Lipinski definition) is 1. The van der Waals surface area contributed by atoms with E-state index in [0.29, 0.717) is 16.6 Å². The average Bonchev–Trinajstić information content (AvgIpc) is 2.28. The molecule has 0 unspecified atom stereocenters. The van der Waals surface area contributed by atoms with Crippen molar-refractivity contribution in [3.8, 4) is 0 Å². The molecule has 98 valence electrons. The van der Waals surface area contributed by atoms with Crippen molar-refractivity contribution in [2.24, 2.45) is 11.7 Å². The van der Waals surface area contributed by atoms with Crippen LogP contribution in [0.2, 0.25) is 5.02 Å². The van der Waals surface area contributed by atoms with Gasteiger partial charge in [0.05, 0.1) is 6.61 Å². The third-order valence-corrected chi connectivity index (χ3v) is 4.08. The third kappa shape index (κ3) is 3.67. The Labute approximate surface area is 118 Å². The molecule has 18 heavy (non-hydrogen) atoms. The maximum absolute atomic E-state index is 6.16. The molecule has 0 heterocycles. The summed E-state index contributed by atoms with van der Waals surface area (Å²) in [5, 5.41) is 0.670. The highest BCUT2D eigenvalue weighted by Gasteiger charge is 2.16. The summed E-state index contributed by atoms with van der Waals surface area (Å²) in [6.07, 6.45) is 5.29. The lowest BCUT2D eigenvalue weighted by atomic mass is 9.83. The van der Waals surface area contributed by atoms with Crippen molar-refractivity contribution in [1.29, 1.82) is 0 Å². The molecule has 1 aliphatic rings. The molecule has 2 nitrogen and oxygen atoms in total. The minimum Gasteiger partial charge on any atom is -0.389 e. The Morgan fingerprint density at radius 3 is 2.78 bits per heavy atom. The Bertz CT molecular complexity index is 432. The van der Waals surface area contributed by atoms with Gasteiger partial charge >= 0.3 is 0 Å². The lowest BCUT2D eigenvalue weighted by molar-refractivity contribution is 0.0950. The van der Waals surface area contributed by atoms with Gasteiger partial charge in [-0.1, -0.05) is 55.2 Å². The maximum Gasteiger partial charge on any atom is 0.104 e. The van der Waals surface area contributed by atoms with Gasteiger partial charge in [-0.25, -0.2) is 0 Å². The van der Waals surface area contributed by atoms with E-state index in [9.17, 15) is 0 Å². The summed E-state index contributed by atoms with van der Waals surface area (Å²) in [6.45, 7) is 1.38. The van der Waals surface area contributed by atoms with Gasteiger partial charge in [0, 0.05) is 17.2 Å². The molecule has 0 aliphatic heterocycles. The summed E-state index contributed by atoms with van der Waals surface area (Å²) >= 11 is 11.1. The van der Waals surface area contributed by atoms with Crippen LogP contribution in [0, 0.1) is 5.92 Å². The van der Waals surface area contributed by atoms with Crippen molar-refractivity contribution >= 4 is 28.8 Å². The van der Waals surface area contributed by atoms with E-state index in [1.807, 2.05) is 12.1 Å². The zero-order valence-corrected chi connectivity index (χ0v) is 11.9.